The van der Waals surface area contributed by atoms with Crippen molar-refractivity contribution in [2.75, 3.05) is 23.0 Å². The van der Waals surface area contributed by atoms with E-state index in [0.29, 0.717) is 17.8 Å². The number of halogens is 1. The molecule has 0 saturated carbocycles. The summed E-state index contributed by atoms with van der Waals surface area (Å²) in [6, 6.07) is 10.6. The number of carbonyl (C=O) groups is 1. The van der Waals surface area contributed by atoms with Gasteiger partial charge < -0.3 is 14.7 Å². The maximum Gasteiger partial charge on any atom is 0.414 e. The number of fused-ring (bicyclic) bond motifs is 1. The lowest BCUT2D eigenvalue weighted by Gasteiger charge is -2.14. The molecule has 1 fully saturated rings. The van der Waals surface area contributed by atoms with Gasteiger partial charge in [-0.15, -0.1) is 5.10 Å². The molecule has 8 nitrogen and oxygen atoms in total. The van der Waals surface area contributed by atoms with Crippen molar-refractivity contribution in [2.45, 2.75) is 19.2 Å². The second kappa shape index (κ2) is 7.10. The number of cyclic esters (lactones) is 1. The van der Waals surface area contributed by atoms with Gasteiger partial charge in [-0.1, -0.05) is 12.1 Å². The number of aromatic nitrogens is 3. The summed E-state index contributed by atoms with van der Waals surface area (Å²) >= 11 is 0. The predicted octanol–water partition coefficient (Wildman–Crippen LogP) is 2.46. The van der Waals surface area contributed by atoms with Crippen molar-refractivity contribution in [2.24, 2.45) is 7.05 Å². The number of carbonyl (C=O) groups excluding carboxylic acids is 1. The normalized spacial score (nSPS) is 18.1. The number of aliphatic hydroxyl groups is 1. The van der Waals surface area contributed by atoms with Crippen LogP contribution in [-0.2, 0) is 24.9 Å². The smallest absolute Gasteiger partial charge is 0.414 e. The first-order chi connectivity index (χ1) is 14.5. The molecule has 2 aliphatic heterocycles. The minimum Gasteiger partial charge on any atom is -0.441 e. The third-order valence-electron chi connectivity index (χ3n) is 5.49. The summed E-state index contributed by atoms with van der Waals surface area (Å²) in [5.41, 5.74) is 3.95. The molecule has 0 radical (unpaired) electrons. The van der Waals surface area contributed by atoms with Crippen LogP contribution >= 0.6 is 0 Å². The first-order valence-corrected chi connectivity index (χ1v) is 9.64. The molecule has 1 N–H and O–H groups in total. The molecule has 0 unspecified atom stereocenters. The van der Waals surface area contributed by atoms with Crippen LogP contribution in [-0.4, -0.2) is 45.4 Å². The number of anilines is 2. The van der Waals surface area contributed by atoms with Crippen LogP contribution in [0.1, 0.15) is 11.1 Å². The van der Waals surface area contributed by atoms with Crippen molar-refractivity contribution in [3.63, 3.8) is 0 Å². The molecule has 2 aromatic carbocycles. The van der Waals surface area contributed by atoms with E-state index in [1.165, 1.54) is 21.3 Å². The summed E-state index contributed by atoms with van der Waals surface area (Å²) in [7, 11) is 1.78. The minimum absolute atomic E-state index is 0.200. The second-order valence-electron chi connectivity index (χ2n) is 7.49. The van der Waals surface area contributed by atoms with E-state index in [4.69, 9.17) is 4.74 Å². The molecule has 5 rings (SSSR count). The molecule has 1 aromatic heterocycles. The molecule has 2 aliphatic rings. The Bertz CT molecular complexity index is 1130. The van der Waals surface area contributed by atoms with Crippen LogP contribution in [0.5, 0.6) is 0 Å². The van der Waals surface area contributed by atoms with E-state index in [1.807, 2.05) is 18.2 Å². The summed E-state index contributed by atoms with van der Waals surface area (Å²) in [5.74, 6) is 0.390. The Morgan fingerprint density at radius 2 is 2.03 bits per heavy atom. The zero-order chi connectivity index (χ0) is 20.8. The predicted molar refractivity (Wildman–Crippen MR) is 107 cm³/mol. The van der Waals surface area contributed by atoms with Crippen molar-refractivity contribution < 1.29 is 19.0 Å². The van der Waals surface area contributed by atoms with Crippen molar-refractivity contribution in [3.8, 4) is 11.1 Å². The van der Waals surface area contributed by atoms with Gasteiger partial charge in [-0.25, -0.2) is 9.18 Å². The van der Waals surface area contributed by atoms with Crippen molar-refractivity contribution in [1.29, 1.82) is 0 Å². The number of rotatable bonds is 4. The Morgan fingerprint density at radius 3 is 2.73 bits per heavy atom. The topological polar surface area (TPSA) is 83.7 Å². The summed E-state index contributed by atoms with van der Waals surface area (Å²) < 4.78 is 20.0. The van der Waals surface area contributed by atoms with Gasteiger partial charge in [-0.05, 0) is 41.0 Å². The molecular weight excluding hydrogens is 389 g/mol. The Kier molecular flexibility index (Phi) is 4.39. The van der Waals surface area contributed by atoms with Gasteiger partial charge in [0.15, 0.2) is 5.82 Å². The van der Waals surface area contributed by atoms with Crippen LogP contribution in [0.3, 0.4) is 0 Å². The van der Waals surface area contributed by atoms with E-state index in [-0.39, 0.29) is 13.2 Å². The largest absolute Gasteiger partial charge is 0.441 e. The highest BCUT2D eigenvalue weighted by atomic mass is 19.1. The maximum absolute atomic E-state index is 14.9. The van der Waals surface area contributed by atoms with E-state index in [9.17, 15) is 14.3 Å². The second-order valence-corrected chi connectivity index (χ2v) is 7.49. The lowest BCUT2D eigenvalue weighted by molar-refractivity contribution is 0.0963. The summed E-state index contributed by atoms with van der Waals surface area (Å²) in [4.78, 5) is 16.9. The molecule has 154 valence electrons. The van der Waals surface area contributed by atoms with E-state index < -0.39 is 18.0 Å². The third-order valence-corrected chi connectivity index (χ3v) is 5.49. The SMILES string of the molecule is Cn1ncc(N2Cc3ccc(-c4ccc(N5C[C@H](CO)OC5=O)cc4F)cc3C2)n1. The molecule has 0 bridgehead atoms. The number of aliphatic hydroxyl groups excluding tert-OH is 1. The van der Waals surface area contributed by atoms with Crippen molar-refractivity contribution in [1.82, 2.24) is 15.0 Å². The molecule has 0 spiro atoms. The van der Waals surface area contributed by atoms with Gasteiger partial charge in [0.2, 0.25) is 0 Å². The zero-order valence-electron chi connectivity index (χ0n) is 16.3. The third kappa shape index (κ3) is 3.17. The van der Waals surface area contributed by atoms with Gasteiger partial charge in [0.05, 0.1) is 25.0 Å². The van der Waals surface area contributed by atoms with Crippen LogP contribution in [0.15, 0.2) is 42.6 Å². The molecule has 3 aromatic rings. The van der Waals surface area contributed by atoms with Gasteiger partial charge >= 0.3 is 6.09 Å². The number of nitrogens with zero attached hydrogens (tertiary/aromatic N) is 5. The minimum atomic E-state index is -0.589. The monoisotopic (exact) mass is 409 g/mol. The highest BCUT2D eigenvalue weighted by Gasteiger charge is 2.32. The van der Waals surface area contributed by atoms with E-state index >= 15 is 0 Å². The Hall–Kier alpha value is -3.46. The van der Waals surface area contributed by atoms with Crippen molar-refractivity contribution >= 4 is 17.6 Å². The van der Waals surface area contributed by atoms with Gasteiger partial charge in [0.25, 0.3) is 0 Å². The van der Waals surface area contributed by atoms with Gasteiger partial charge in [-0.2, -0.15) is 9.90 Å². The molecule has 9 heteroatoms. The molecule has 0 aliphatic carbocycles. The molecule has 1 amide bonds. The lowest BCUT2D eigenvalue weighted by atomic mass is 10.00. The molecule has 1 saturated heterocycles. The number of hydrogen-bond acceptors (Lipinski definition) is 6. The standard InChI is InChI=1S/C21H20FN5O3/c1-25-23-8-20(24-25)26-9-14-3-2-13(6-15(14)10-26)18-5-4-16(7-19(18)22)27-11-17(12-28)30-21(27)29/h2-8,17,28H,9-12H2,1H3/t17-/m1/s1. The van der Waals surface area contributed by atoms with E-state index in [0.717, 1.165) is 23.5 Å². The number of ether oxygens (including phenoxy) is 1. The van der Waals surface area contributed by atoms with Crippen LogP contribution in [0.4, 0.5) is 20.7 Å². The zero-order valence-corrected chi connectivity index (χ0v) is 16.3. The molecule has 30 heavy (non-hydrogen) atoms. The highest BCUT2D eigenvalue weighted by molar-refractivity contribution is 5.90. The maximum atomic E-state index is 14.9. The van der Waals surface area contributed by atoms with Crippen LogP contribution in [0.25, 0.3) is 11.1 Å². The fraction of sp³-hybridized carbons (Fsp3) is 0.286. The lowest BCUT2D eigenvalue weighted by Crippen LogP contribution is -2.25. The average molecular weight is 409 g/mol. The number of hydrogen-bond donors (Lipinski definition) is 1. The summed E-state index contributed by atoms with van der Waals surface area (Å²) in [6.07, 6.45) is 0.563. The van der Waals surface area contributed by atoms with E-state index in [2.05, 4.69) is 15.1 Å². The van der Waals surface area contributed by atoms with Gasteiger partial charge in [-0.3, -0.25) is 4.90 Å². The first-order valence-electron chi connectivity index (χ1n) is 9.64. The number of amides is 1. The summed E-state index contributed by atoms with van der Waals surface area (Å²) in [5, 5.41) is 17.6. The average Bonchev–Trinajstić information content (AvgIpc) is 3.44. The molecule has 1 atom stereocenters. The Labute approximate surface area is 172 Å². The van der Waals surface area contributed by atoms with Crippen LogP contribution < -0.4 is 9.80 Å². The molecular formula is C21H20FN5O3. The van der Waals surface area contributed by atoms with Crippen LogP contribution in [0.2, 0.25) is 0 Å². The Morgan fingerprint density at radius 1 is 1.20 bits per heavy atom. The quantitative estimate of drug-likeness (QED) is 0.713. The molecule has 3 heterocycles. The van der Waals surface area contributed by atoms with Crippen LogP contribution in [0, 0.1) is 5.82 Å². The van der Waals surface area contributed by atoms with Crippen molar-refractivity contribution in [3.05, 3.63) is 59.5 Å². The fourth-order valence-electron chi connectivity index (χ4n) is 3.94. The van der Waals surface area contributed by atoms with E-state index in [1.54, 1.807) is 25.4 Å². The Balaban J connectivity index is 1.39. The van der Waals surface area contributed by atoms with Gasteiger partial charge in [0.1, 0.15) is 11.9 Å². The first kappa shape index (κ1) is 18.6. The number of benzene rings is 2. The van der Waals surface area contributed by atoms with Gasteiger partial charge in [0, 0.05) is 25.7 Å². The summed E-state index contributed by atoms with van der Waals surface area (Å²) in [6.45, 7) is 1.36. The number of aryl methyl sites for hydroxylation is 1. The fourth-order valence-corrected chi connectivity index (χ4v) is 3.94. The highest BCUT2D eigenvalue weighted by Crippen LogP contribution is 2.33.